The molecule has 1 N–H and O–H groups in total. The van der Waals surface area contributed by atoms with E-state index in [1.54, 1.807) is 0 Å². The number of nitrogens with zero attached hydrogens (tertiary/aromatic N) is 1. The Kier molecular flexibility index (Phi) is 4.24. The smallest absolute Gasteiger partial charge is 0.159 e. The van der Waals surface area contributed by atoms with Crippen molar-refractivity contribution < 1.29 is 13.5 Å². The zero-order valence-corrected chi connectivity index (χ0v) is 9.83. The minimum atomic E-state index is -0.938. The first kappa shape index (κ1) is 12.9. The lowest BCUT2D eigenvalue weighted by Crippen LogP contribution is -2.29. The number of ether oxygens (including phenoxy) is 1. The molecule has 1 fully saturated rings. The van der Waals surface area contributed by atoms with Gasteiger partial charge in [-0.2, -0.15) is 5.26 Å². The van der Waals surface area contributed by atoms with Crippen molar-refractivity contribution in [3.8, 4) is 6.07 Å². The van der Waals surface area contributed by atoms with Crippen molar-refractivity contribution >= 4 is 0 Å². The first-order chi connectivity index (χ1) is 8.70. The van der Waals surface area contributed by atoms with Crippen LogP contribution in [0.15, 0.2) is 18.2 Å². The molecular weight excluding hydrogens is 238 g/mol. The Morgan fingerprint density at radius 1 is 1.44 bits per heavy atom. The minimum Gasteiger partial charge on any atom is -0.377 e. The number of halogens is 2. The van der Waals surface area contributed by atoms with E-state index in [1.807, 2.05) is 6.07 Å². The lowest BCUT2D eigenvalue weighted by molar-refractivity contribution is 0.109. The Balaban J connectivity index is 1.99. The molecule has 2 rings (SSSR count). The molecule has 0 spiro atoms. The van der Waals surface area contributed by atoms with E-state index in [0.29, 0.717) is 12.1 Å². The van der Waals surface area contributed by atoms with Crippen molar-refractivity contribution in [2.24, 2.45) is 0 Å². The molecule has 0 aromatic heterocycles. The van der Waals surface area contributed by atoms with Crippen LogP contribution in [0.5, 0.6) is 0 Å². The van der Waals surface area contributed by atoms with Crippen LogP contribution in [0.2, 0.25) is 0 Å². The molecule has 0 bridgehead atoms. The fourth-order valence-corrected chi connectivity index (χ4v) is 1.98. The number of rotatable bonds is 4. The van der Waals surface area contributed by atoms with Gasteiger partial charge in [0, 0.05) is 13.2 Å². The second kappa shape index (κ2) is 5.89. The van der Waals surface area contributed by atoms with Gasteiger partial charge in [0.25, 0.3) is 0 Å². The summed E-state index contributed by atoms with van der Waals surface area (Å²) in [5.41, 5.74) is 0.425. The van der Waals surface area contributed by atoms with Crippen molar-refractivity contribution in [3.05, 3.63) is 35.4 Å². The second-order valence-corrected chi connectivity index (χ2v) is 4.28. The van der Waals surface area contributed by atoms with Crippen LogP contribution >= 0.6 is 0 Å². The average Bonchev–Trinajstić information content (AvgIpc) is 2.87. The fraction of sp³-hybridized carbons (Fsp3) is 0.462. The summed E-state index contributed by atoms with van der Waals surface area (Å²) in [5, 5.41) is 12.0. The number of hydrogen-bond acceptors (Lipinski definition) is 3. The molecule has 5 heteroatoms. The highest BCUT2D eigenvalue weighted by Crippen LogP contribution is 2.17. The molecule has 0 saturated carbocycles. The molecule has 1 aromatic carbocycles. The maximum absolute atomic E-state index is 13.1. The molecule has 1 aliphatic heterocycles. The standard InChI is InChI=1S/C13H14F2N2O/c14-11-4-3-9(6-12(11)15)13(7-16)17-8-10-2-1-5-18-10/h3-4,6,10,13,17H,1-2,5,8H2. The van der Waals surface area contributed by atoms with Crippen molar-refractivity contribution in [1.29, 1.82) is 5.26 Å². The Morgan fingerprint density at radius 2 is 2.28 bits per heavy atom. The number of nitriles is 1. The quantitative estimate of drug-likeness (QED) is 0.894. The summed E-state index contributed by atoms with van der Waals surface area (Å²) < 4.78 is 31.3. The van der Waals surface area contributed by atoms with E-state index in [1.165, 1.54) is 6.07 Å². The number of nitrogens with one attached hydrogen (secondary N) is 1. The van der Waals surface area contributed by atoms with E-state index < -0.39 is 17.7 Å². The third-order valence-electron chi connectivity index (χ3n) is 2.98. The number of benzene rings is 1. The largest absolute Gasteiger partial charge is 0.377 e. The third kappa shape index (κ3) is 3.03. The molecule has 1 heterocycles. The molecule has 0 amide bonds. The summed E-state index contributed by atoms with van der Waals surface area (Å²) in [4.78, 5) is 0. The number of hydrogen-bond donors (Lipinski definition) is 1. The summed E-state index contributed by atoms with van der Waals surface area (Å²) in [6.45, 7) is 1.28. The predicted octanol–water partition coefficient (Wildman–Crippen LogP) is 2.30. The minimum absolute atomic E-state index is 0.103. The van der Waals surface area contributed by atoms with Crippen LogP contribution in [0.4, 0.5) is 8.78 Å². The monoisotopic (exact) mass is 252 g/mol. The van der Waals surface area contributed by atoms with Crippen LogP contribution in [0.25, 0.3) is 0 Å². The highest BCUT2D eigenvalue weighted by molar-refractivity contribution is 5.25. The normalized spacial score (nSPS) is 20.6. The van der Waals surface area contributed by atoms with Gasteiger partial charge in [-0.1, -0.05) is 6.07 Å². The van der Waals surface area contributed by atoms with E-state index in [2.05, 4.69) is 5.32 Å². The van der Waals surface area contributed by atoms with Crippen LogP contribution in [0.1, 0.15) is 24.4 Å². The van der Waals surface area contributed by atoms with Crippen LogP contribution in [-0.4, -0.2) is 19.3 Å². The third-order valence-corrected chi connectivity index (χ3v) is 2.98. The van der Waals surface area contributed by atoms with Gasteiger partial charge in [0.2, 0.25) is 0 Å². The van der Waals surface area contributed by atoms with E-state index >= 15 is 0 Å². The van der Waals surface area contributed by atoms with E-state index in [4.69, 9.17) is 10.00 Å². The summed E-state index contributed by atoms with van der Waals surface area (Å²) in [7, 11) is 0. The van der Waals surface area contributed by atoms with Crippen LogP contribution in [0.3, 0.4) is 0 Å². The zero-order valence-electron chi connectivity index (χ0n) is 9.83. The predicted molar refractivity (Wildman–Crippen MR) is 61.7 cm³/mol. The first-order valence-electron chi connectivity index (χ1n) is 5.90. The highest BCUT2D eigenvalue weighted by Gasteiger charge is 2.18. The first-order valence-corrected chi connectivity index (χ1v) is 5.90. The molecule has 1 aliphatic rings. The molecule has 96 valence electrons. The molecule has 1 saturated heterocycles. The molecule has 2 atom stereocenters. The lowest BCUT2D eigenvalue weighted by atomic mass is 10.1. The molecule has 0 aliphatic carbocycles. The van der Waals surface area contributed by atoms with Crippen LogP contribution in [0, 0.1) is 23.0 Å². The van der Waals surface area contributed by atoms with Crippen molar-refractivity contribution in [2.45, 2.75) is 25.0 Å². The SMILES string of the molecule is N#CC(NCC1CCCO1)c1ccc(F)c(F)c1. The fourth-order valence-electron chi connectivity index (χ4n) is 1.98. The van der Waals surface area contributed by atoms with Crippen LogP contribution < -0.4 is 5.32 Å². The van der Waals surface area contributed by atoms with Gasteiger partial charge in [0.05, 0.1) is 12.2 Å². The Hall–Kier alpha value is -1.51. The van der Waals surface area contributed by atoms with Crippen molar-refractivity contribution in [1.82, 2.24) is 5.32 Å². The Labute approximate surface area is 104 Å². The Morgan fingerprint density at radius 3 is 2.89 bits per heavy atom. The second-order valence-electron chi connectivity index (χ2n) is 4.28. The van der Waals surface area contributed by atoms with Gasteiger partial charge >= 0.3 is 0 Å². The van der Waals surface area contributed by atoms with E-state index in [9.17, 15) is 8.78 Å². The van der Waals surface area contributed by atoms with E-state index in [-0.39, 0.29) is 6.10 Å². The van der Waals surface area contributed by atoms with E-state index in [0.717, 1.165) is 31.6 Å². The lowest BCUT2D eigenvalue weighted by Gasteiger charge is -2.15. The summed E-state index contributed by atoms with van der Waals surface area (Å²) >= 11 is 0. The topological polar surface area (TPSA) is 45.0 Å². The van der Waals surface area contributed by atoms with Crippen molar-refractivity contribution in [2.75, 3.05) is 13.2 Å². The summed E-state index contributed by atoms with van der Waals surface area (Å²) in [6, 6.07) is 4.87. The molecular formula is C13H14F2N2O. The van der Waals surface area contributed by atoms with Gasteiger partial charge in [-0.15, -0.1) is 0 Å². The molecule has 18 heavy (non-hydrogen) atoms. The molecule has 0 radical (unpaired) electrons. The Bertz CT molecular complexity index is 453. The zero-order chi connectivity index (χ0) is 13.0. The van der Waals surface area contributed by atoms with Gasteiger partial charge in [-0.05, 0) is 30.5 Å². The van der Waals surface area contributed by atoms with Gasteiger partial charge in [-0.3, -0.25) is 5.32 Å². The summed E-state index contributed by atoms with van der Waals surface area (Å²) in [6.07, 6.45) is 2.09. The average molecular weight is 252 g/mol. The maximum atomic E-state index is 13.1. The van der Waals surface area contributed by atoms with Crippen molar-refractivity contribution in [3.63, 3.8) is 0 Å². The molecule has 3 nitrogen and oxygen atoms in total. The van der Waals surface area contributed by atoms with Gasteiger partial charge in [-0.25, -0.2) is 8.78 Å². The van der Waals surface area contributed by atoms with Gasteiger partial charge < -0.3 is 4.74 Å². The highest BCUT2D eigenvalue weighted by atomic mass is 19.2. The van der Waals surface area contributed by atoms with Crippen LogP contribution in [-0.2, 0) is 4.74 Å². The van der Waals surface area contributed by atoms with Gasteiger partial charge in [0.1, 0.15) is 6.04 Å². The summed E-state index contributed by atoms with van der Waals surface area (Å²) in [5.74, 6) is -1.85. The maximum Gasteiger partial charge on any atom is 0.159 e. The van der Waals surface area contributed by atoms with Gasteiger partial charge in [0.15, 0.2) is 11.6 Å². The molecule has 1 aromatic rings. The molecule has 2 unspecified atom stereocenters.